The monoisotopic (exact) mass is 404 g/mol. The molecule has 0 saturated heterocycles. The zero-order chi connectivity index (χ0) is 13.8. The number of rotatable bonds is 4. The summed E-state index contributed by atoms with van der Waals surface area (Å²) in [7, 11) is 0. The largest absolute Gasteiger partial charge is 0.207 e. The number of hydrogen-bond acceptors (Lipinski definition) is 0. The third kappa shape index (κ3) is 4.04. The summed E-state index contributed by atoms with van der Waals surface area (Å²) in [5, 5.41) is 1.21. The molecule has 0 radical (unpaired) electrons. The van der Waals surface area contributed by atoms with Gasteiger partial charge in [-0.1, -0.05) is 61.7 Å². The number of halogens is 4. The topological polar surface area (TPSA) is 0 Å². The average molecular weight is 407 g/mol. The van der Waals surface area contributed by atoms with Crippen LogP contribution in [0.25, 0.3) is 0 Å². The molecule has 19 heavy (non-hydrogen) atoms. The maximum Gasteiger partial charge on any atom is 0.127 e. The van der Waals surface area contributed by atoms with E-state index in [1.165, 1.54) is 11.6 Å². The van der Waals surface area contributed by atoms with Crippen molar-refractivity contribution in [3.8, 4) is 0 Å². The standard InChI is InChI=1S/C15H12Br2ClF/c16-9-12(10-2-1-3-13(17)7-10)6-11-4-5-14(18)8-15(11)19/h1-5,7-8,12H,6,9H2. The average Bonchev–Trinajstić information content (AvgIpc) is 2.38. The molecule has 0 fully saturated rings. The van der Waals surface area contributed by atoms with Gasteiger partial charge in [0.2, 0.25) is 0 Å². The van der Waals surface area contributed by atoms with Crippen LogP contribution in [0.1, 0.15) is 17.0 Å². The molecule has 0 bridgehead atoms. The molecule has 100 valence electrons. The summed E-state index contributed by atoms with van der Waals surface area (Å²) in [5.41, 5.74) is 1.87. The molecule has 2 aromatic carbocycles. The van der Waals surface area contributed by atoms with E-state index < -0.39 is 0 Å². The van der Waals surface area contributed by atoms with Crippen molar-refractivity contribution < 1.29 is 4.39 Å². The molecule has 0 aromatic heterocycles. The highest BCUT2D eigenvalue weighted by molar-refractivity contribution is 9.10. The molecule has 1 atom stereocenters. The fraction of sp³-hybridized carbons (Fsp3) is 0.200. The summed E-state index contributed by atoms with van der Waals surface area (Å²) in [6, 6.07) is 13.0. The SMILES string of the molecule is Fc1cc(Cl)ccc1CC(CBr)c1cccc(Br)c1. The first-order chi connectivity index (χ1) is 9.10. The molecule has 0 amide bonds. The van der Waals surface area contributed by atoms with Crippen LogP contribution >= 0.6 is 43.5 Å². The summed E-state index contributed by atoms with van der Waals surface area (Å²) in [6.45, 7) is 0. The van der Waals surface area contributed by atoms with Crippen LogP contribution in [0.3, 0.4) is 0 Å². The van der Waals surface area contributed by atoms with Crippen LogP contribution in [0.4, 0.5) is 4.39 Å². The maximum atomic E-state index is 13.8. The molecular formula is C15H12Br2ClF. The van der Waals surface area contributed by atoms with E-state index in [9.17, 15) is 4.39 Å². The molecule has 0 aliphatic carbocycles. The highest BCUT2D eigenvalue weighted by atomic mass is 79.9. The molecule has 0 spiro atoms. The molecule has 1 unspecified atom stereocenters. The zero-order valence-electron chi connectivity index (χ0n) is 10.0. The molecule has 0 saturated carbocycles. The Balaban J connectivity index is 2.24. The van der Waals surface area contributed by atoms with E-state index in [1.807, 2.05) is 12.1 Å². The summed E-state index contributed by atoms with van der Waals surface area (Å²) in [4.78, 5) is 0. The van der Waals surface area contributed by atoms with Crippen LogP contribution in [-0.4, -0.2) is 5.33 Å². The minimum Gasteiger partial charge on any atom is -0.207 e. The molecule has 0 N–H and O–H groups in total. The van der Waals surface area contributed by atoms with Crippen molar-refractivity contribution in [2.45, 2.75) is 12.3 Å². The van der Waals surface area contributed by atoms with Gasteiger partial charge >= 0.3 is 0 Å². The molecule has 2 aromatic rings. The second-order valence-corrected chi connectivity index (χ2v) is 6.35. The van der Waals surface area contributed by atoms with Crippen molar-refractivity contribution in [2.75, 3.05) is 5.33 Å². The van der Waals surface area contributed by atoms with Gasteiger partial charge in [-0.25, -0.2) is 4.39 Å². The molecule has 0 heterocycles. The van der Waals surface area contributed by atoms with E-state index in [0.717, 1.165) is 9.80 Å². The van der Waals surface area contributed by atoms with Crippen LogP contribution in [0.2, 0.25) is 5.02 Å². The van der Waals surface area contributed by atoms with Gasteiger partial charge in [-0.2, -0.15) is 0 Å². The van der Waals surface area contributed by atoms with E-state index in [2.05, 4.69) is 44.0 Å². The molecule has 0 nitrogen and oxygen atoms in total. The van der Waals surface area contributed by atoms with Crippen LogP contribution in [0.5, 0.6) is 0 Å². The predicted octanol–water partition coefficient (Wildman–Crippen LogP) is 5.96. The van der Waals surface area contributed by atoms with Crippen LogP contribution in [0.15, 0.2) is 46.9 Å². The van der Waals surface area contributed by atoms with Gasteiger partial charge in [-0.3, -0.25) is 0 Å². The van der Waals surface area contributed by atoms with E-state index in [1.54, 1.807) is 12.1 Å². The van der Waals surface area contributed by atoms with Crippen molar-refractivity contribution in [1.82, 2.24) is 0 Å². The number of benzene rings is 2. The van der Waals surface area contributed by atoms with E-state index >= 15 is 0 Å². The lowest BCUT2D eigenvalue weighted by atomic mass is 9.93. The highest BCUT2D eigenvalue weighted by Gasteiger charge is 2.14. The van der Waals surface area contributed by atoms with Gasteiger partial charge in [0.1, 0.15) is 5.82 Å². The third-order valence-corrected chi connectivity index (χ3v) is 4.50. The normalized spacial score (nSPS) is 12.4. The van der Waals surface area contributed by atoms with E-state index in [0.29, 0.717) is 17.0 Å². The first-order valence-electron chi connectivity index (χ1n) is 5.85. The molecular weight excluding hydrogens is 394 g/mol. The number of hydrogen-bond donors (Lipinski definition) is 0. The first kappa shape index (κ1) is 15.0. The van der Waals surface area contributed by atoms with Crippen molar-refractivity contribution in [3.05, 3.63) is 68.9 Å². The Bertz CT molecular complexity index is 572. The summed E-state index contributed by atoms with van der Waals surface area (Å²) in [5.74, 6) is -0.0124. The lowest BCUT2D eigenvalue weighted by molar-refractivity contribution is 0.599. The molecule has 4 heteroatoms. The second kappa shape index (κ2) is 6.87. The summed E-state index contributed by atoms with van der Waals surface area (Å²) >= 11 is 12.7. The highest BCUT2D eigenvalue weighted by Crippen LogP contribution is 2.27. The van der Waals surface area contributed by atoms with Gasteiger partial charge in [0.15, 0.2) is 0 Å². The van der Waals surface area contributed by atoms with Crippen molar-refractivity contribution in [2.24, 2.45) is 0 Å². The Kier molecular flexibility index (Phi) is 5.43. The predicted molar refractivity (Wildman–Crippen MR) is 85.8 cm³/mol. The lowest BCUT2D eigenvalue weighted by Crippen LogP contribution is -2.06. The van der Waals surface area contributed by atoms with Crippen LogP contribution < -0.4 is 0 Å². The third-order valence-electron chi connectivity index (χ3n) is 2.99. The van der Waals surface area contributed by atoms with Crippen LogP contribution in [-0.2, 0) is 6.42 Å². The summed E-state index contributed by atoms with van der Waals surface area (Å²) < 4.78 is 14.9. The summed E-state index contributed by atoms with van der Waals surface area (Å²) in [6.07, 6.45) is 0.644. The fourth-order valence-electron chi connectivity index (χ4n) is 1.97. The smallest absolute Gasteiger partial charge is 0.127 e. The molecule has 2 rings (SSSR count). The number of alkyl halides is 1. The second-order valence-electron chi connectivity index (χ2n) is 4.35. The van der Waals surface area contributed by atoms with Gasteiger partial charge in [0, 0.05) is 14.8 Å². The molecule has 0 aliphatic heterocycles. The first-order valence-corrected chi connectivity index (χ1v) is 8.14. The van der Waals surface area contributed by atoms with Gasteiger partial charge < -0.3 is 0 Å². The Hall–Kier alpha value is -0.380. The van der Waals surface area contributed by atoms with E-state index in [4.69, 9.17) is 11.6 Å². The van der Waals surface area contributed by atoms with Gasteiger partial charge in [0.05, 0.1) is 0 Å². The van der Waals surface area contributed by atoms with Gasteiger partial charge in [-0.15, -0.1) is 0 Å². The fourth-order valence-corrected chi connectivity index (χ4v) is 3.15. The lowest BCUT2D eigenvalue weighted by Gasteiger charge is -2.15. The minimum atomic E-state index is -0.242. The molecule has 0 aliphatic rings. The Morgan fingerprint density at radius 1 is 1.16 bits per heavy atom. The van der Waals surface area contributed by atoms with Crippen molar-refractivity contribution in [1.29, 1.82) is 0 Å². The van der Waals surface area contributed by atoms with Crippen LogP contribution in [0, 0.1) is 5.82 Å². The minimum absolute atomic E-state index is 0.230. The van der Waals surface area contributed by atoms with Crippen molar-refractivity contribution in [3.63, 3.8) is 0 Å². The van der Waals surface area contributed by atoms with Gasteiger partial charge in [0.25, 0.3) is 0 Å². The Labute approximate surface area is 134 Å². The maximum absolute atomic E-state index is 13.8. The van der Waals surface area contributed by atoms with Gasteiger partial charge in [-0.05, 0) is 47.7 Å². The Morgan fingerprint density at radius 3 is 2.58 bits per heavy atom. The quantitative estimate of drug-likeness (QED) is 0.550. The zero-order valence-corrected chi connectivity index (χ0v) is 14.0. The van der Waals surface area contributed by atoms with E-state index in [-0.39, 0.29) is 11.7 Å². The Morgan fingerprint density at radius 2 is 1.95 bits per heavy atom. The van der Waals surface area contributed by atoms with Crippen molar-refractivity contribution >= 4 is 43.5 Å².